The van der Waals surface area contributed by atoms with Crippen LogP contribution in [0.3, 0.4) is 0 Å². The Bertz CT molecular complexity index is 850. The standard InChI is InChI=1S/C21H26N4O2S2/c22-12-6-9-15(23)19(26)24-16(13-14-7-2-1-3-8-14)20(27)25-17-10-4-5-11-18(17)29-21(25)28/h1-5,7-8,10-11,15-16,21,28H,6,9,12-13,22-23H2,(H,24,26)/t15-,16-,21?/m1/s1. The first-order chi connectivity index (χ1) is 14.0. The molecule has 3 atom stereocenters. The van der Waals surface area contributed by atoms with Gasteiger partial charge in [-0.25, -0.2) is 0 Å². The number of thioether (sulfide) groups is 1. The second-order valence-electron chi connectivity index (χ2n) is 6.91. The molecule has 0 aromatic heterocycles. The van der Waals surface area contributed by atoms with Gasteiger partial charge in [0.15, 0.2) is 0 Å². The third-order valence-corrected chi connectivity index (χ3v) is 6.34. The van der Waals surface area contributed by atoms with Crippen LogP contribution in [0.5, 0.6) is 0 Å². The summed E-state index contributed by atoms with van der Waals surface area (Å²) in [7, 11) is 0. The molecule has 0 fully saturated rings. The van der Waals surface area contributed by atoms with Crippen LogP contribution in [0.4, 0.5) is 5.69 Å². The second-order valence-corrected chi connectivity index (χ2v) is 8.87. The van der Waals surface area contributed by atoms with Crippen molar-refractivity contribution in [2.45, 2.75) is 40.9 Å². The van der Waals surface area contributed by atoms with Crippen molar-refractivity contribution in [1.29, 1.82) is 0 Å². The lowest BCUT2D eigenvalue weighted by molar-refractivity contribution is -0.128. The maximum atomic E-state index is 13.5. The minimum Gasteiger partial charge on any atom is -0.343 e. The van der Waals surface area contributed by atoms with E-state index in [-0.39, 0.29) is 16.5 Å². The molecule has 5 N–H and O–H groups in total. The van der Waals surface area contributed by atoms with Crippen LogP contribution in [0.15, 0.2) is 59.5 Å². The fourth-order valence-electron chi connectivity index (χ4n) is 3.23. The quantitative estimate of drug-likeness (QED) is 0.481. The number of hydrogen-bond acceptors (Lipinski definition) is 6. The smallest absolute Gasteiger partial charge is 0.251 e. The number of nitrogens with one attached hydrogen (secondary N) is 1. The van der Waals surface area contributed by atoms with Crippen LogP contribution in [-0.2, 0) is 16.0 Å². The maximum absolute atomic E-state index is 13.5. The first-order valence-corrected chi connectivity index (χ1v) is 11.0. The van der Waals surface area contributed by atoms with Crippen molar-refractivity contribution in [3.8, 4) is 0 Å². The fraction of sp³-hybridized carbons (Fsp3) is 0.333. The average Bonchev–Trinajstić information content (AvgIpc) is 3.07. The normalized spacial score (nSPS) is 17.5. The van der Waals surface area contributed by atoms with Gasteiger partial charge in [0.25, 0.3) is 5.91 Å². The summed E-state index contributed by atoms with van der Waals surface area (Å²) in [6.07, 6.45) is 1.51. The van der Waals surface area contributed by atoms with Gasteiger partial charge in [0.2, 0.25) is 5.91 Å². The maximum Gasteiger partial charge on any atom is 0.251 e. The summed E-state index contributed by atoms with van der Waals surface area (Å²) in [5, 5.41) is 2.86. The van der Waals surface area contributed by atoms with E-state index in [1.54, 1.807) is 4.90 Å². The summed E-state index contributed by atoms with van der Waals surface area (Å²) >= 11 is 6.09. The Morgan fingerprint density at radius 2 is 1.83 bits per heavy atom. The highest BCUT2D eigenvalue weighted by Crippen LogP contribution is 2.44. The second kappa shape index (κ2) is 10.2. The molecule has 1 heterocycles. The van der Waals surface area contributed by atoms with E-state index in [2.05, 4.69) is 17.9 Å². The highest BCUT2D eigenvalue weighted by molar-refractivity contribution is 8.11. The van der Waals surface area contributed by atoms with E-state index in [0.717, 1.165) is 16.1 Å². The minimum absolute atomic E-state index is 0.203. The number of fused-ring (bicyclic) bond motifs is 1. The fourth-order valence-corrected chi connectivity index (χ4v) is 4.81. The molecule has 0 saturated carbocycles. The lowest BCUT2D eigenvalue weighted by Crippen LogP contribution is -2.54. The van der Waals surface area contributed by atoms with Crippen molar-refractivity contribution in [2.24, 2.45) is 11.5 Å². The van der Waals surface area contributed by atoms with Gasteiger partial charge in [-0.2, -0.15) is 0 Å². The average molecular weight is 431 g/mol. The highest BCUT2D eigenvalue weighted by Gasteiger charge is 2.37. The number of hydrogen-bond donors (Lipinski definition) is 4. The number of thiol groups is 1. The third kappa shape index (κ3) is 5.33. The molecule has 0 spiro atoms. The number of amides is 2. The van der Waals surface area contributed by atoms with E-state index >= 15 is 0 Å². The van der Waals surface area contributed by atoms with Crippen LogP contribution in [-0.4, -0.2) is 35.1 Å². The van der Waals surface area contributed by atoms with Crippen LogP contribution in [0.1, 0.15) is 18.4 Å². The molecular formula is C21H26N4O2S2. The van der Waals surface area contributed by atoms with Crippen LogP contribution >= 0.6 is 24.4 Å². The predicted octanol–water partition coefficient (Wildman–Crippen LogP) is 2.13. The van der Waals surface area contributed by atoms with Crippen LogP contribution in [0.2, 0.25) is 0 Å². The zero-order valence-electron chi connectivity index (χ0n) is 16.0. The van der Waals surface area contributed by atoms with Crippen molar-refractivity contribution in [1.82, 2.24) is 5.32 Å². The Balaban J connectivity index is 1.82. The van der Waals surface area contributed by atoms with Gasteiger partial charge in [-0.1, -0.05) is 54.2 Å². The van der Waals surface area contributed by atoms with E-state index in [0.29, 0.717) is 25.8 Å². The minimum atomic E-state index is -0.741. The van der Waals surface area contributed by atoms with Crippen molar-refractivity contribution in [3.63, 3.8) is 0 Å². The Hall–Kier alpha value is -2.00. The van der Waals surface area contributed by atoms with Gasteiger partial charge in [-0.15, -0.1) is 12.6 Å². The van der Waals surface area contributed by atoms with Gasteiger partial charge >= 0.3 is 0 Å². The molecule has 0 radical (unpaired) electrons. The summed E-state index contributed by atoms with van der Waals surface area (Å²) in [6.45, 7) is 0.469. The summed E-state index contributed by atoms with van der Waals surface area (Å²) in [5.41, 5.74) is 13.3. The Morgan fingerprint density at radius 1 is 1.14 bits per heavy atom. The van der Waals surface area contributed by atoms with E-state index in [9.17, 15) is 9.59 Å². The Morgan fingerprint density at radius 3 is 2.55 bits per heavy atom. The zero-order chi connectivity index (χ0) is 20.8. The topological polar surface area (TPSA) is 101 Å². The molecule has 1 unspecified atom stereocenters. The SMILES string of the molecule is NCCC[C@@H](N)C(=O)N[C@H](Cc1ccccc1)C(=O)N1c2ccccc2SC1S. The van der Waals surface area contributed by atoms with E-state index in [4.69, 9.17) is 11.5 Å². The molecule has 0 saturated heterocycles. The molecule has 2 amide bonds. The van der Waals surface area contributed by atoms with Crippen LogP contribution in [0, 0.1) is 0 Å². The number of carbonyl (C=O) groups is 2. The molecule has 2 aromatic carbocycles. The van der Waals surface area contributed by atoms with Gasteiger partial charge < -0.3 is 16.8 Å². The van der Waals surface area contributed by atoms with Crippen molar-refractivity contribution >= 4 is 41.9 Å². The molecule has 0 aliphatic carbocycles. The number of para-hydroxylation sites is 1. The van der Waals surface area contributed by atoms with Gasteiger partial charge in [0, 0.05) is 11.3 Å². The molecule has 154 valence electrons. The zero-order valence-corrected chi connectivity index (χ0v) is 17.7. The first kappa shape index (κ1) is 21.7. The van der Waals surface area contributed by atoms with Gasteiger partial charge in [0.05, 0.1) is 11.7 Å². The molecule has 1 aliphatic heterocycles. The number of anilines is 1. The molecule has 3 rings (SSSR count). The monoisotopic (exact) mass is 430 g/mol. The molecule has 2 aromatic rings. The lowest BCUT2D eigenvalue weighted by atomic mass is 10.0. The number of benzene rings is 2. The Kier molecular flexibility index (Phi) is 7.60. The largest absolute Gasteiger partial charge is 0.343 e. The summed E-state index contributed by atoms with van der Waals surface area (Å²) in [5.74, 6) is -0.547. The lowest BCUT2D eigenvalue weighted by Gasteiger charge is -2.28. The van der Waals surface area contributed by atoms with Gasteiger partial charge in [-0.05, 0) is 37.1 Å². The molecule has 29 heavy (non-hydrogen) atoms. The highest BCUT2D eigenvalue weighted by atomic mass is 32.2. The number of nitrogens with two attached hydrogens (primary N) is 2. The van der Waals surface area contributed by atoms with Crippen LogP contribution in [0.25, 0.3) is 0 Å². The predicted molar refractivity (Wildman–Crippen MR) is 121 cm³/mol. The summed E-state index contributed by atoms with van der Waals surface area (Å²) < 4.78 is -0.346. The van der Waals surface area contributed by atoms with Gasteiger partial charge in [0.1, 0.15) is 10.7 Å². The number of rotatable bonds is 8. The molecule has 1 aliphatic rings. The Labute approximate surface area is 180 Å². The van der Waals surface area contributed by atoms with Crippen LogP contribution < -0.4 is 21.7 Å². The number of carbonyl (C=O) groups excluding carboxylic acids is 2. The third-order valence-electron chi connectivity index (χ3n) is 4.77. The van der Waals surface area contributed by atoms with Crippen molar-refractivity contribution in [3.05, 3.63) is 60.2 Å². The number of nitrogens with zero attached hydrogens (tertiary/aromatic N) is 1. The van der Waals surface area contributed by atoms with Crippen molar-refractivity contribution in [2.75, 3.05) is 11.4 Å². The van der Waals surface area contributed by atoms with E-state index in [1.165, 1.54) is 11.8 Å². The molecule has 6 nitrogen and oxygen atoms in total. The van der Waals surface area contributed by atoms with Gasteiger partial charge in [-0.3, -0.25) is 14.5 Å². The summed E-state index contributed by atoms with van der Waals surface area (Å²) in [4.78, 5) is 28.7. The van der Waals surface area contributed by atoms with E-state index in [1.807, 2.05) is 54.6 Å². The molecular weight excluding hydrogens is 404 g/mol. The van der Waals surface area contributed by atoms with E-state index < -0.39 is 12.1 Å². The molecule has 8 heteroatoms. The van der Waals surface area contributed by atoms with Crippen molar-refractivity contribution < 1.29 is 9.59 Å². The first-order valence-electron chi connectivity index (χ1n) is 9.58. The molecule has 0 bridgehead atoms. The summed E-state index contributed by atoms with van der Waals surface area (Å²) in [6, 6.07) is 15.8.